The van der Waals surface area contributed by atoms with Crippen LogP contribution >= 0.6 is 0 Å². The van der Waals surface area contributed by atoms with Crippen molar-refractivity contribution < 1.29 is 13.2 Å². The zero-order valence-corrected chi connectivity index (χ0v) is 15.9. The molecule has 0 spiro atoms. The fraction of sp³-hybridized carbons (Fsp3) is 0.611. The third-order valence-corrected chi connectivity index (χ3v) is 6.00. The van der Waals surface area contributed by atoms with Crippen molar-refractivity contribution in [3.05, 3.63) is 29.8 Å². The van der Waals surface area contributed by atoms with E-state index in [0.717, 1.165) is 32.0 Å². The molecule has 7 heteroatoms. The van der Waals surface area contributed by atoms with Crippen molar-refractivity contribution in [3.63, 3.8) is 0 Å². The Morgan fingerprint density at radius 2 is 2.00 bits per heavy atom. The highest BCUT2D eigenvalue weighted by Crippen LogP contribution is 2.15. The average molecular weight is 368 g/mol. The van der Waals surface area contributed by atoms with Gasteiger partial charge in [0.1, 0.15) is 0 Å². The molecule has 1 aliphatic rings. The maximum absolute atomic E-state index is 12.1. The van der Waals surface area contributed by atoms with Crippen LogP contribution in [0.1, 0.15) is 43.5 Å². The lowest BCUT2D eigenvalue weighted by Crippen LogP contribution is -2.36. The summed E-state index contributed by atoms with van der Waals surface area (Å²) >= 11 is 0. The summed E-state index contributed by atoms with van der Waals surface area (Å²) in [5.74, 6) is 0.597. The van der Waals surface area contributed by atoms with Crippen molar-refractivity contribution in [1.29, 1.82) is 0 Å². The summed E-state index contributed by atoms with van der Waals surface area (Å²) in [4.78, 5) is 14.8. The van der Waals surface area contributed by atoms with Crippen molar-refractivity contribution in [2.24, 2.45) is 5.92 Å². The van der Waals surface area contributed by atoms with E-state index < -0.39 is 10.0 Å². The topological polar surface area (TPSA) is 78.5 Å². The predicted octanol–water partition coefficient (Wildman–Crippen LogP) is 1.84. The number of sulfonamides is 1. The first-order valence-corrected chi connectivity index (χ1v) is 10.5. The minimum Gasteiger partial charge on any atom is -0.352 e. The number of nitrogens with one attached hydrogen (secondary N) is 2. The van der Waals surface area contributed by atoms with E-state index in [4.69, 9.17) is 0 Å². The SMILES string of the molecule is CCNS(=O)(=O)c1ccc(C(=O)NCCCN2CCCC(C)C2)cc1. The molecule has 0 saturated carbocycles. The van der Waals surface area contributed by atoms with Gasteiger partial charge < -0.3 is 10.2 Å². The second-order valence-electron chi connectivity index (χ2n) is 6.68. The van der Waals surface area contributed by atoms with E-state index >= 15 is 0 Å². The Balaban J connectivity index is 1.77. The molecule has 1 aliphatic heterocycles. The zero-order chi connectivity index (χ0) is 18.3. The largest absolute Gasteiger partial charge is 0.352 e. The molecule has 25 heavy (non-hydrogen) atoms. The quantitative estimate of drug-likeness (QED) is 0.687. The molecule has 2 N–H and O–H groups in total. The number of carbonyl (C=O) groups excluding carboxylic acids is 1. The number of likely N-dealkylation sites (tertiary alicyclic amines) is 1. The molecule has 1 fully saturated rings. The average Bonchev–Trinajstić information content (AvgIpc) is 2.59. The number of hydrogen-bond acceptors (Lipinski definition) is 4. The van der Waals surface area contributed by atoms with E-state index in [0.29, 0.717) is 18.7 Å². The molecule has 140 valence electrons. The lowest BCUT2D eigenvalue weighted by molar-refractivity contribution is 0.0950. The minimum absolute atomic E-state index is 0.167. The smallest absolute Gasteiger partial charge is 0.251 e. The molecular formula is C18H29N3O3S. The van der Waals surface area contributed by atoms with Crippen LogP contribution in [0.5, 0.6) is 0 Å². The van der Waals surface area contributed by atoms with Crippen LogP contribution in [0.15, 0.2) is 29.2 Å². The van der Waals surface area contributed by atoms with Gasteiger partial charge in [-0.2, -0.15) is 0 Å². The molecular weight excluding hydrogens is 338 g/mol. The molecule has 1 aromatic carbocycles. The summed E-state index contributed by atoms with van der Waals surface area (Å²) < 4.78 is 26.2. The number of amides is 1. The first-order valence-electron chi connectivity index (χ1n) is 9.02. The summed E-state index contributed by atoms with van der Waals surface area (Å²) in [6, 6.07) is 6.02. The highest BCUT2D eigenvalue weighted by molar-refractivity contribution is 7.89. The summed E-state index contributed by atoms with van der Waals surface area (Å²) in [6.45, 7) is 8.28. The molecule has 1 heterocycles. The van der Waals surface area contributed by atoms with Crippen molar-refractivity contribution in [1.82, 2.24) is 14.9 Å². The van der Waals surface area contributed by atoms with E-state index in [1.807, 2.05) is 0 Å². The number of nitrogens with zero attached hydrogens (tertiary/aromatic N) is 1. The monoisotopic (exact) mass is 367 g/mol. The van der Waals surface area contributed by atoms with Gasteiger partial charge in [0, 0.05) is 25.2 Å². The molecule has 1 unspecified atom stereocenters. The Kier molecular flexibility index (Phi) is 7.40. The number of benzene rings is 1. The third-order valence-electron chi connectivity index (χ3n) is 4.44. The molecule has 1 amide bonds. The van der Waals surface area contributed by atoms with Crippen LogP contribution in [0, 0.1) is 5.92 Å². The predicted molar refractivity (Wildman–Crippen MR) is 99.1 cm³/mol. The first kappa shape index (κ1) is 19.9. The number of carbonyl (C=O) groups is 1. The first-order chi connectivity index (χ1) is 11.9. The maximum Gasteiger partial charge on any atom is 0.251 e. The molecule has 0 aliphatic carbocycles. The van der Waals surface area contributed by atoms with E-state index in [2.05, 4.69) is 21.9 Å². The Hall–Kier alpha value is -1.44. The normalized spacial score (nSPS) is 18.9. The van der Waals surface area contributed by atoms with Gasteiger partial charge in [-0.25, -0.2) is 13.1 Å². The lowest BCUT2D eigenvalue weighted by atomic mass is 10.0. The van der Waals surface area contributed by atoms with Gasteiger partial charge in [0.05, 0.1) is 4.90 Å². The molecule has 0 aromatic heterocycles. The molecule has 6 nitrogen and oxygen atoms in total. The number of hydrogen-bond donors (Lipinski definition) is 2. The van der Waals surface area contributed by atoms with E-state index in [-0.39, 0.29) is 10.8 Å². The summed E-state index contributed by atoms with van der Waals surface area (Å²) in [7, 11) is -3.48. The van der Waals surface area contributed by atoms with Crippen LogP contribution in [0.3, 0.4) is 0 Å². The Bertz CT molecular complexity index is 659. The van der Waals surface area contributed by atoms with Gasteiger partial charge in [0.2, 0.25) is 10.0 Å². The highest BCUT2D eigenvalue weighted by atomic mass is 32.2. The molecule has 1 aromatic rings. The minimum atomic E-state index is -3.48. The van der Waals surface area contributed by atoms with Crippen molar-refractivity contribution in [2.75, 3.05) is 32.7 Å². The van der Waals surface area contributed by atoms with Crippen LogP contribution < -0.4 is 10.0 Å². The fourth-order valence-corrected chi connectivity index (χ4v) is 4.20. The second-order valence-corrected chi connectivity index (χ2v) is 8.45. The Morgan fingerprint density at radius 1 is 1.28 bits per heavy atom. The number of piperidine rings is 1. The van der Waals surface area contributed by atoms with Gasteiger partial charge in [-0.1, -0.05) is 13.8 Å². The Labute approximate surface area is 151 Å². The van der Waals surface area contributed by atoms with E-state index in [1.165, 1.54) is 25.0 Å². The van der Waals surface area contributed by atoms with Gasteiger partial charge in [-0.15, -0.1) is 0 Å². The summed E-state index contributed by atoms with van der Waals surface area (Å²) in [6.07, 6.45) is 3.49. The van der Waals surface area contributed by atoms with Crippen LogP contribution in [-0.2, 0) is 10.0 Å². The van der Waals surface area contributed by atoms with Crippen molar-refractivity contribution in [3.8, 4) is 0 Å². The molecule has 1 atom stereocenters. The van der Waals surface area contributed by atoms with Gasteiger partial charge >= 0.3 is 0 Å². The highest BCUT2D eigenvalue weighted by Gasteiger charge is 2.16. The van der Waals surface area contributed by atoms with Crippen molar-refractivity contribution >= 4 is 15.9 Å². The van der Waals surface area contributed by atoms with Crippen molar-refractivity contribution in [2.45, 2.75) is 38.0 Å². The number of rotatable bonds is 8. The lowest BCUT2D eigenvalue weighted by Gasteiger charge is -2.30. The fourth-order valence-electron chi connectivity index (χ4n) is 3.16. The molecule has 0 bridgehead atoms. The second kappa shape index (κ2) is 9.31. The van der Waals surface area contributed by atoms with Crippen LogP contribution in [0.4, 0.5) is 0 Å². The van der Waals surface area contributed by atoms with E-state index in [1.54, 1.807) is 19.1 Å². The van der Waals surface area contributed by atoms with Crippen LogP contribution in [0.2, 0.25) is 0 Å². The van der Waals surface area contributed by atoms with Crippen LogP contribution in [0.25, 0.3) is 0 Å². The third kappa shape index (κ3) is 6.09. The summed E-state index contributed by atoms with van der Waals surface area (Å²) in [5, 5.41) is 2.90. The van der Waals surface area contributed by atoms with Gasteiger partial charge in [-0.05, 0) is 62.5 Å². The Morgan fingerprint density at radius 3 is 2.64 bits per heavy atom. The summed E-state index contributed by atoms with van der Waals surface area (Å²) in [5.41, 5.74) is 0.474. The molecule has 0 radical (unpaired) electrons. The molecule has 2 rings (SSSR count). The van der Waals surface area contributed by atoms with Gasteiger partial charge in [-0.3, -0.25) is 4.79 Å². The van der Waals surface area contributed by atoms with Gasteiger partial charge in [0.15, 0.2) is 0 Å². The zero-order valence-electron chi connectivity index (χ0n) is 15.1. The molecule has 1 saturated heterocycles. The van der Waals surface area contributed by atoms with Crippen LogP contribution in [-0.4, -0.2) is 51.9 Å². The van der Waals surface area contributed by atoms with E-state index in [9.17, 15) is 13.2 Å². The standard InChI is InChI=1S/C18H29N3O3S/c1-3-20-25(23,24)17-9-7-16(8-10-17)18(22)19-11-5-13-21-12-4-6-15(2)14-21/h7-10,15,20H,3-6,11-14H2,1-2H3,(H,19,22). The maximum atomic E-state index is 12.1. The van der Waals surface area contributed by atoms with Gasteiger partial charge in [0.25, 0.3) is 5.91 Å².